The molecule has 2 heterocycles. The molecule has 0 aliphatic carbocycles. The Labute approximate surface area is 183 Å². The van der Waals surface area contributed by atoms with E-state index in [4.69, 9.17) is 11.6 Å². The lowest BCUT2D eigenvalue weighted by molar-refractivity contribution is -0.137. The van der Waals surface area contributed by atoms with Crippen LogP contribution in [0.4, 0.5) is 19.0 Å². The van der Waals surface area contributed by atoms with Gasteiger partial charge in [-0.3, -0.25) is 4.79 Å². The van der Waals surface area contributed by atoms with Crippen molar-refractivity contribution in [2.45, 2.75) is 31.8 Å². The number of halogens is 4. The van der Waals surface area contributed by atoms with Crippen molar-refractivity contribution in [3.8, 4) is 0 Å². The van der Waals surface area contributed by atoms with Crippen LogP contribution in [0.3, 0.4) is 0 Å². The summed E-state index contributed by atoms with van der Waals surface area (Å²) >= 11 is 7.58. The second kappa shape index (κ2) is 9.06. The largest absolute Gasteiger partial charge is 0.417 e. The molecule has 1 aromatic heterocycles. The highest BCUT2D eigenvalue weighted by atomic mass is 35.5. The number of carbonyl (C=O) groups is 1. The standard InChI is InChI=1S/C21H23ClF3N3OS/c1-13-8-14(2)19(15(3)9-13)30-12-18(29)27-4-6-28(7-5-27)20-17(22)10-16(11-26-20)21(23,24)25/h8-11H,4-7,12H2,1-3H3. The molecule has 0 unspecified atom stereocenters. The molecule has 30 heavy (non-hydrogen) atoms. The van der Waals surface area contributed by atoms with Gasteiger partial charge in [0.1, 0.15) is 5.82 Å². The number of thioether (sulfide) groups is 1. The van der Waals surface area contributed by atoms with Crippen LogP contribution in [0.5, 0.6) is 0 Å². The molecule has 1 aliphatic rings. The monoisotopic (exact) mass is 457 g/mol. The lowest BCUT2D eigenvalue weighted by Crippen LogP contribution is -2.49. The van der Waals surface area contributed by atoms with E-state index in [1.807, 2.05) is 18.7 Å². The molecule has 0 spiro atoms. The third-order valence-electron chi connectivity index (χ3n) is 5.03. The van der Waals surface area contributed by atoms with Gasteiger partial charge in [0, 0.05) is 37.3 Å². The van der Waals surface area contributed by atoms with Crippen LogP contribution >= 0.6 is 23.4 Å². The molecule has 9 heteroatoms. The van der Waals surface area contributed by atoms with Gasteiger partial charge < -0.3 is 9.80 Å². The minimum Gasteiger partial charge on any atom is -0.352 e. The van der Waals surface area contributed by atoms with Gasteiger partial charge >= 0.3 is 6.18 Å². The van der Waals surface area contributed by atoms with E-state index in [0.717, 1.165) is 28.3 Å². The van der Waals surface area contributed by atoms with Gasteiger partial charge in [0.25, 0.3) is 0 Å². The highest BCUT2D eigenvalue weighted by Gasteiger charge is 2.32. The molecule has 0 radical (unpaired) electrons. The third-order valence-corrected chi connectivity index (χ3v) is 6.63. The number of alkyl halides is 3. The summed E-state index contributed by atoms with van der Waals surface area (Å²) in [7, 11) is 0. The maximum absolute atomic E-state index is 12.8. The van der Waals surface area contributed by atoms with Gasteiger partial charge in [-0.25, -0.2) is 4.98 Å². The van der Waals surface area contributed by atoms with Crippen LogP contribution in [-0.2, 0) is 11.0 Å². The number of benzene rings is 1. The van der Waals surface area contributed by atoms with E-state index in [9.17, 15) is 18.0 Å². The zero-order chi connectivity index (χ0) is 22.1. The molecule has 4 nitrogen and oxygen atoms in total. The molecule has 0 N–H and O–H groups in total. The highest BCUT2D eigenvalue weighted by Crippen LogP contribution is 2.34. The Morgan fingerprint density at radius 3 is 2.23 bits per heavy atom. The topological polar surface area (TPSA) is 36.4 Å². The Kier molecular flexibility index (Phi) is 6.87. The Morgan fingerprint density at radius 1 is 1.10 bits per heavy atom. The van der Waals surface area contributed by atoms with E-state index in [1.54, 1.807) is 16.7 Å². The molecule has 1 saturated heterocycles. The minimum absolute atomic E-state index is 0.0366. The van der Waals surface area contributed by atoms with Crippen LogP contribution in [0.25, 0.3) is 0 Å². The quantitative estimate of drug-likeness (QED) is 0.597. The summed E-state index contributed by atoms with van der Waals surface area (Å²) in [5.41, 5.74) is 2.66. The molecule has 0 saturated carbocycles. The first-order chi connectivity index (χ1) is 14.1. The van der Waals surface area contributed by atoms with Crippen molar-refractivity contribution in [2.24, 2.45) is 0 Å². The molecule has 1 fully saturated rings. The van der Waals surface area contributed by atoms with E-state index in [2.05, 4.69) is 24.0 Å². The highest BCUT2D eigenvalue weighted by molar-refractivity contribution is 8.00. The molecule has 0 bridgehead atoms. The van der Waals surface area contributed by atoms with Crippen LogP contribution in [0, 0.1) is 20.8 Å². The van der Waals surface area contributed by atoms with Gasteiger partial charge in [-0.15, -0.1) is 11.8 Å². The second-order valence-electron chi connectivity index (χ2n) is 7.41. The fourth-order valence-corrected chi connectivity index (χ4v) is 4.92. The predicted molar refractivity (Wildman–Crippen MR) is 114 cm³/mol. The number of hydrogen-bond donors (Lipinski definition) is 0. The van der Waals surface area contributed by atoms with Crippen molar-refractivity contribution in [1.29, 1.82) is 0 Å². The SMILES string of the molecule is Cc1cc(C)c(SCC(=O)N2CCN(c3ncc(C(F)(F)F)cc3Cl)CC2)c(C)c1. The molecule has 1 amide bonds. The zero-order valence-electron chi connectivity index (χ0n) is 17.0. The van der Waals surface area contributed by atoms with Crippen LogP contribution in [-0.4, -0.2) is 47.7 Å². The van der Waals surface area contributed by atoms with Gasteiger partial charge in [0.05, 0.1) is 16.3 Å². The minimum atomic E-state index is -4.48. The first kappa shape index (κ1) is 22.7. The number of pyridine rings is 1. The fourth-order valence-electron chi connectivity index (χ4n) is 3.61. The summed E-state index contributed by atoms with van der Waals surface area (Å²) in [6.07, 6.45) is -3.69. The number of piperazine rings is 1. The molecule has 1 aliphatic heterocycles. The molecule has 3 rings (SSSR count). The van der Waals surface area contributed by atoms with E-state index in [1.165, 1.54) is 5.56 Å². The summed E-state index contributed by atoms with van der Waals surface area (Å²) < 4.78 is 38.4. The van der Waals surface area contributed by atoms with Crippen molar-refractivity contribution in [1.82, 2.24) is 9.88 Å². The van der Waals surface area contributed by atoms with Gasteiger partial charge in [-0.05, 0) is 38.0 Å². The summed E-state index contributed by atoms with van der Waals surface area (Å²) in [6, 6.07) is 5.11. The van der Waals surface area contributed by atoms with Gasteiger partial charge in [0.2, 0.25) is 5.91 Å². The molecule has 1 aromatic carbocycles. The fraction of sp³-hybridized carbons (Fsp3) is 0.429. The first-order valence-electron chi connectivity index (χ1n) is 9.52. The molecular weight excluding hydrogens is 435 g/mol. The smallest absolute Gasteiger partial charge is 0.352 e. The van der Waals surface area contributed by atoms with E-state index in [-0.39, 0.29) is 10.9 Å². The van der Waals surface area contributed by atoms with Gasteiger partial charge in [-0.1, -0.05) is 29.3 Å². The third kappa shape index (κ3) is 5.21. The van der Waals surface area contributed by atoms with Crippen molar-refractivity contribution in [2.75, 3.05) is 36.8 Å². The second-order valence-corrected chi connectivity index (χ2v) is 8.80. The lowest BCUT2D eigenvalue weighted by Gasteiger charge is -2.35. The van der Waals surface area contributed by atoms with Crippen LogP contribution in [0.2, 0.25) is 5.02 Å². The van der Waals surface area contributed by atoms with Gasteiger partial charge in [-0.2, -0.15) is 13.2 Å². The Bertz CT molecular complexity index is 921. The van der Waals surface area contributed by atoms with Crippen molar-refractivity contribution < 1.29 is 18.0 Å². The Hall–Kier alpha value is -1.93. The normalized spacial score (nSPS) is 14.9. The zero-order valence-corrected chi connectivity index (χ0v) is 18.6. The number of nitrogens with zero attached hydrogens (tertiary/aromatic N) is 3. The van der Waals surface area contributed by atoms with Crippen molar-refractivity contribution >= 4 is 35.1 Å². The molecular formula is C21H23ClF3N3OS. The molecule has 2 aromatic rings. The first-order valence-corrected chi connectivity index (χ1v) is 10.9. The number of aromatic nitrogens is 1. The number of hydrogen-bond acceptors (Lipinski definition) is 4. The summed E-state index contributed by atoms with van der Waals surface area (Å²) in [4.78, 5) is 21.3. The number of anilines is 1. The average molecular weight is 458 g/mol. The van der Waals surface area contributed by atoms with Crippen molar-refractivity contribution in [3.05, 3.63) is 51.7 Å². The average Bonchev–Trinajstić information content (AvgIpc) is 2.66. The Balaban J connectivity index is 1.57. The maximum atomic E-state index is 12.8. The Morgan fingerprint density at radius 2 is 1.70 bits per heavy atom. The number of aryl methyl sites for hydroxylation is 3. The molecule has 162 valence electrons. The predicted octanol–water partition coefficient (Wildman–Crippen LogP) is 5.12. The maximum Gasteiger partial charge on any atom is 0.417 e. The lowest BCUT2D eigenvalue weighted by atomic mass is 10.1. The van der Waals surface area contributed by atoms with E-state index < -0.39 is 11.7 Å². The van der Waals surface area contributed by atoms with Crippen LogP contribution < -0.4 is 4.90 Å². The molecule has 0 atom stereocenters. The van der Waals surface area contributed by atoms with E-state index in [0.29, 0.717) is 37.7 Å². The summed E-state index contributed by atoms with van der Waals surface area (Å²) in [6.45, 7) is 8.04. The van der Waals surface area contributed by atoms with Crippen molar-refractivity contribution in [3.63, 3.8) is 0 Å². The summed E-state index contributed by atoms with van der Waals surface area (Å²) in [5, 5.41) is -0.0366. The van der Waals surface area contributed by atoms with Gasteiger partial charge in [0.15, 0.2) is 0 Å². The summed E-state index contributed by atoms with van der Waals surface area (Å²) in [5.74, 6) is 0.715. The number of amides is 1. The number of carbonyl (C=O) groups excluding carboxylic acids is 1. The number of rotatable bonds is 4. The van der Waals surface area contributed by atoms with Crippen LogP contribution in [0.1, 0.15) is 22.3 Å². The van der Waals surface area contributed by atoms with Crippen LogP contribution in [0.15, 0.2) is 29.3 Å². The van der Waals surface area contributed by atoms with E-state index >= 15 is 0 Å².